The highest BCUT2D eigenvalue weighted by atomic mass is 127. The molecular formula is C18H21Cl2IN4O. The molecule has 3 N–H and O–H groups in total. The minimum Gasteiger partial charge on any atom is -0.355 e. The molecule has 0 saturated heterocycles. The Bertz CT molecular complexity index is 784. The SMILES string of the molecule is CN=C(NCc1cccc(C(=O)NC)c1)NCc1ccc(Cl)cc1Cl.I. The summed E-state index contributed by atoms with van der Waals surface area (Å²) < 4.78 is 0. The second-order valence-corrected chi connectivity index (χ2v) is 6.14. The van der Waals surface area contributed by atoms with Crippen molar-refractivity contribution in [3.8, 4) is 0 Å². The van der Waals surface area contributed by atoms with Crippen molar-refractivity contribution >= 4 is 59.0 Å². The minimum absolute atomic E-state index is 0. The van der Waals surface area contributed by atoms with Crippen molar-refractivity contribution < 1.29 is 4.79 Å². The lowest BCUT2D eigenvalue weighted by atomic mass is 10.1. The predicted octanol–water partition coefficient (Wildman–Crippen LogP) is 3.84. The van der Waals surface area contributed by atoms with Crippen LogP contribution in [0.1, 0.15) is 21.5 Å². The molecule has 0 heterocycles. The van der Waals surface area contributed by atoms with Crippen molar-refractivity contribution in [2.45, 2.75) is 13.1 Å². The number of amides is 1. The highest BCUT2D eigenvalue weighted by Gasteiger charge is 2.06. The molecule has 0 saturated carbocycles. The van der Waals surface area contributed by atoms with Gasteiger partial charge in [-0.1, -0.05) is 41.4 Å². The third-order valence-electron chi connectivity index (χ3n) is 3.56. The zero-order chi connectivity index (χ0) is 18.2. The Morgan fingerprint density at radius 1 is 1.08 bits per heavy atom. The van der Waals surface area contributed by atoms with Crippen molar-refractivity contribution in [3.05, 3.63) is 69.2 Å². The fourth-order valence-corrected chi connectivity index (χ4v) is 2.69. The number of carbonyl (C=O) groups is 1. The Labute approximate surface area is 180 Å². The van der Waals surface area contributed by atoms with Crippen LogP contribution >= 0.6 is 47.2 Å². The van der Waals surface area contributed by atoms with E-state index in [0.717, 1.165) is 11.1 Å². The van der Waals surface area contributed by atoms with Crippen molar-refractivity contribution in [3.63, 3.8) is 0 Å². The van der Waals surface area contributed by atoms with Crippen molar-refractivity contribution in [1.82, 2.24) is 16.0 Å². The van der Waals surface area contributed by atoms with Crippen LogP contribution in [0.3, 0.4) is 0 Å². The Hall–Kier alpha value is -1.51. The van der Waals surface area contributed by atoms with Gasteiger partial charge in [-0.15, -0.1) is 24.0 Å². The first kappa shape index (κ1) is 22.5. The first-order valence-corrected chi connectivity index (χ1v) is 8.48. The molecule has 8 heteroatoms. The lowest BCUT2D eigenvalue weighted by Gasteiger charge is -2.13. The molecule has 0 spiro atoms. The fraction of sp³-hybridized carbons (Fsp3) is 0.222. The van der Waals surface area contributed by atoms with E-state index in [9.17, 15) is 4.79 Å². The topological polar surface area (TPSA) is 65.5 Å². The largest absolute Gasteiger partial charge is 0.355 e. The third kappa shape index (κ3) is 6.66. The number of nitrogens with zero attached hydrogens (tertiary/aromatic N) is 1. The quantitative estimate of drug-likeness (QED) is 0.328. The average molecular weight is 507 g/mol. The van der Waals surface area contributed by atoms with Crippen molar-refractivity contribution in [2.75, 3.05) is 14.1 Å². The van der Waals surface area contributed by atoms with Gasteiger partial charge in [-0.05, 0) is 35.4 Å². The first-order valence-electron chi connectivity index (χ1n) is 7.73. The normalized spacial score (nSPS) is 10.7. The second kappa shape index (κ2) is 11.3. The Kier molecular flexibility index (Phi) is 9.75. The standard InChI is InChI=1S/C18H20Cl2N4O.HI/c1-21-17(25)13-5-3-4-12(8-13)10-23-18(22-2)24-11-14-6-7-15(19)9-16(14)20;/h3-9H,10-11H2,1-2H3,(H,21,25)(H2,22,23,24);1H. The van der Waals surface area contributed by atoms with E-state index in [0.29, 0.717) is 34.7 Å². The zero-order valence-corrected chi connectivity index (χ0v) is 18.3. The maximum Gasteiger partial charge on any atom is 0.251 e. The van der Waals surface area contributed by atoms with Crippen LogP contribution in [0.2, 0.25) is 10.0 Å². The van der Waals surface area contributed by atoms with E-state index >= 15 is 0 Å². The lowest BCUT2D eigenvalue weighted by molar-refractivity contribution is 0.0963. The number of hydrogen-bond donors (Lipinski definition) is 3. The molecule has 0 unspecified atom stereocenters. The van der Waals surface area contributed by atoms with Gasteiger partial charge in [0.25, 0.3) is 5.91 Å². The van der Waals surface area contributed by atoms with E-state index in [2.05, 4.69) is 20.9 Å². The Morgan fingerprint density at radius 2 is 1.81 bits per heavy atom. The molecule has 2 aromatic rings. The lowest BCUT2D eigenvalue weighted by Crippen LogP contribution is -2.36. The van der Waals surface area contributed by atoms with Gasteiger partial charge in [0.1, 0.15) is 0 Å². The predicted molar refractivity (Wildman–Crippen MR) is 119 cm³/mol. The summed E-state index contributed by atoms with van der Waals surface area (Å²) >= 11 is 12.1. The van der Waals surface area contributed by atoms with Crippen molar-refractivity contribution in [2.24, 2.45) is 4.99 Å². The maximum absolute atomic E-state index is 11.7. The van der Waals surface area contributed by atoms with E-state index < -0.39 is 0 Å². The maximum atomic E-state index is 11.7. The molecule has 0 aliphatic heterocycles. The molecular weight excluding hydrogens is 486 g/mol. The van der Waals surface area contributed by atoms with Gasteiger partial charge >= 0.3 is 0 Å². The van der Waals surface area contributed by atoms with E-state index in [-0.39, 0.29) is 29.9 Å². The van der Waals surface area contributed by atoms with Crippen LogP contribution in [0.5, 0.6) is 0 Å². The summed E-state index contributed by atoms with van der Waals surface area (Å²) in [4.78, 5) is 15.9. The van der Waals surface area contributed by atoms with Gasteiger partial charge in [-0.25, -0.2) is 0 Å². The van der Waals surface area contributed by atoms with Crippen LogP contribution in [0, 0.1) is 0 Å². The van der Waals surface area contributed by atoms with Crippen LogP contribution in [-0.2, 0) is 13.1 Å². The minimum atomic E-state index is -0.110. The van der Waals surface area contributed by atoms with E-state index in [4.69, 9.17) is 23.2 Å². The third-order valence-corrected chi connectivity index (χ3v) is 4.15. The smallest absolute Gasteiger partial charge is 0.251 e. The molecule has 1 amide bonds. The van der Waals surface area contributed by atoms with E-state index in [1.54, 1.807) is 32.3 Å². The first-order chi connectivity index (χ1) is 12.0. The van der Waals surface area contributed by atoms with Gasteiger partial charge in [0.2, 0.25) is 0 Å². The number of aliphatic imine (C=N–C) groups is 1. The summed E-state index contributed by atoms with van der Waals surface area (Å²) in [6, 6.07) is 12.8. The van der Waals surface area contributed by atoms with Gasteiger partial charge in [0.05, 0.1) is 0 Å². The Balaban J connectivity index is 0.00000338. The second-order valence-electron chi connectivity index (χ2n) is 5.29. The van der Waals surface area contributed by atoms with Crippen LogP contribution in [-0.4, -0.2) is 26.0 Å². The highest BCUT2D eigenvalue weighted by molar-refractivity contribution is 14.0. The van der Waals surface area contributed by atoms with Crippen LogP contribution in [0.4, 0.5) is 0 Å². The molecule has 5 nitrogen and oxygen atoms in total. The number of carbonyl (C=O) groups excluding carboxylic acids is 1. The summed E-state index contributed by atoms with van der Waals surface area (Å²) in [5.41, 5.74) is 2.53. The van der Waals surface area contributed by atoms with Gasteiger partial charge in [-0.2, -0.15) is 0 Å². The summed E-state index contributed by atoms with van der Waals surface area (Å²) in [5, 5.41) is 10.2. The molecule has 0 radical (unpaired) electrons. The molecule has 2 rings (SSSR count). The number of guanidine groups is 1. The summed E-state index contributed by atoms with van der Waals surface area (Å²) in [7, 11) is 3.31. The molecule has 0 aliphatic carbocycles. The van der Waals surface area contributed by atoms with Crippen LogP contribution in [0.25, 0.3) is 0 Å². The average Bonchev–Trinajstić information content (AvgIpc) is 2.62. The van der Waals surface area contributed by atoms with Gasteiger partial charge in [0.15, 0.2) is 5.96 Å². The van der Waals surface area contributed by atoms with Gasteiger partial charge in [-0.3, -0.25) is 9.79 Å². The highest BCUT2D eigenvalue weighted by Crippen LogP contribution is 2.20. The van der Waals surface area contributed by atoms with E-state index in [1.165, 1.54) is 0 Å². The summed E-state index contributed by atoms with van der Waals surface area (Å²) in [6.07, 6.45) is 0. The number of nitrogens with one attached hydrogen (secondary N) is 3. The molecule has 0 atom stereocenters. The fourth-order valence-electron chi connectivity index (χ4n) is 2.22. The number of hydrogen-bond acceptors (Lipinski definition) is 2. The molecule has 0 aliphatic rings. The number of rotatable bonds is 5. The number of benzene rings is 2. The molecule has 140 valence electrons. The monoisotopic (exact) mass is 506 g/mol. The Morgan fingerprint density at radius 3 is 2.46 bits per heavy atom. The van der Waals surface area contributed by atoms with Gasteiger partial charge < -0.3 is 16.0 Å². The molecule has 26 heavy (non-hydrogen) atoms. The van der Waals surface area contributed by atoms with Crippen LogP contribution in [0.15, 0.2) is 47.5 Å². The number of halogens is 3. The van der Waals surface area contributed by atoms with Crippen LogP contribution < -0.4 is 16.0 Å². The molecule has 0 bridgehead atoms. The summed E-state index contributed by atoms with van der Waals surface area (Å²) in [6.45, 7) is 1.06. The zero-order valence-electron chi connectivity index (χ0n) is 14.5. The van der Waals surface area contributed by atoms with Crippen molar-refractivity contribution in [1.29, 1.82) is 0 Å². The molecule has 0 aromatic heterocycles. The molecule has 2 aromatic carbocycles. The van der Waals surface area contributed by atoms with E-state index in [1.807, 2.05) is 24.3 Å². The molecule has 0 fully saturated rings. The summed E-state index contributed by atoms with van der Waals surface area (Å²) in [5.74, 6) is 0.526. The van der Waals surface area contributed by atoms with Gasteiger partial charge in [0, 0.05) is 42.8 Å².